The van der Waals surface area contributed by atoms with Gasteiger partial charge in [0.2, 0.25) is 0 Å². The normalized spacial score (nSPS) is 12.7. The summed E-state index contributed by atoms with van der Waals surface area (Å²) in [6.45, 7) is 3.25. The average Bonchev–Trinajstić information content (AvgIpc) is 2.51. The van der Waals surface area contributed by atoms with Gasteiger partial charge in [-0.15, -0.1) is 0 Å². The first-order chi connectivity index (χ1) is 10.4. The molecule has 118 valence electrons. The first kappa shape index (κ1) is 17.9. The van der Waals surface area contributed by atoms with E-state index in [4.69, 9.17) is 5.11 Å². The monoisotopic (exact) mass is 301 g/mol. The molecule has 22 heavy (non-hydrogen) atoms. The first-order valence-electron chi connectivity index (χ1n) is 7.22. The molecule has 0 bridgehead atoms. The van der Waals surface area contributed by atoms with Gasteiger partial charge in [0, 0.05) is 12.0 Å². The number of aliphatic carboxylic acids is 1. The maximum absolute atomic E-state index is 9.34. The molecular weight excluding hydrogens is 278 g/mol. The van der Waals surface area contributed by atoms with E-state index < -0.39 is 12.1 Å². The maximum Gasteiger partial charge on any atom is 0.114 e. The molecule has 0 aliphatic heterocycles. The Labute approximate surface area is 131 Å². The fraction of sp³-hybridized carbons (Fsp3) is 0.278. The highest BCUT2D eigenvalue weighted by atomic mass is 16.4. The van der Waals surface area contributed by atoms with Crippen LogP contribution in [0.1, 0.15) is 29.7 Å². The molecule has 0 unspecified atom stereocenters. The van der Waals surface area contributed by atoms with Crippen molar-refractivity contribution < 1.29 is 20.7 Å². The Bertz CT molecular complexity index is 565. The SMILES string of the molecule is C[C@H](O)C(=O)[O-].Cc1ccc(C[C@@H]([NH3+])c2ccccc2)cc1. The van der Waals surface area contributed by atoms with Crippen molar-refractivity contribution in [2.24, 2.45) is 0 Å². The van der Waals surface area contributed by atoms with Crippen molar-refractivity contribution in [3.8, 4) is 0 Å². The second-order valence-corrected chi connectivity index (χ2v) is 5.29. The van der Waals surface area contributed by atoms with Gasteiger partial charge in [0.15, 0.2) is 0 Å². The van der Waals surface area contributed by atoms with Crippen molar-refractivity contribution >= 4 is 5.97 Å². The minimum atomic E-state index is -1.44. The number of hydrogen-bond donors (Lipinski definition) is 2. The molecule has 0 aliphatic rings. The summed E-state index contributed by atoms with van der Waals surface area (Å²) in [4.78, 5) is 9.34. The molecule has 0 saturated carbocycles. The molecule has 0 saturated heterocycles. The molecule has 0 aromatic heterocycles. The number of carboxylic acids is 1. The van der Waals surface area contributed by atoms with Crippen LogP contribution in [-0.4, -0.2) is 17.2 Å². The molecule has 0 radical (unpaired) electrons. The lowest BCUT2D eigenvalue weighted by Crippen LogP contribution is -2.54. The molecule has 0 spiro atoms. The van der Waals surface area contributed by atoms with E-state index in [9.17, 15) is 9.90 Å². The van der Waals surface area contributed by atoms with Gasteiger partial charge in [-0.3, -0.25) is 0 Å². The van der Waals surface area contributed by atoms with Crippen molar-refractivity contribution in [1.29, 1.82) is 0 Å². The van der Waals surface area contributed by atoms with Crippen LogP contribution in [0.2, 0.25) is 0 Å². The second-order valence-electron chi connectivity index (χ2n) is 5.29. The van der Waals surface area contributed by atoms with Crippen molar-refractivity contribution in [1.82, 2.24) is 0 Å². The number of carboxylic acid groups (broad SMARTS) is 1. The van der Waals surface area contributed by atoms with Crippen LogP contribution >= 0.6 is 0 Å². The molecule has 0 heterocycles. The number of hydrogen-bond acceptors (Lipinski definition) is 3. The third-order valence-electron chi connectivity index (χ3n) is 3.21. The fourth-order valence-electron chi connectivity index (χ4n) is 1.85. The molecule has 0 aliphatic carbocycles. The Balaban J connectivity index is 0.000000346. The van der Waals surface area contributed by atoms with E-state index in [1.54, 1.807) is 0 Å². The van der Waals surface area contributed by atoms with Gasteiger partial charge >= 0.3 is 0 Å². The number of aliphatic hydroxyl groups is 1. The van der Waals surface area contributed by atoms with E-state index in [-0.39, 0.29) is 0 Å². The molecule has 0 fully saturated rings. The van der Waals surface area contributed by atoms with Crippen molar-refractivity contribution in [3.05, 3.63) is 71.3 Å². The van der Waals surface area contributed by atoms with Crippen LogP contribution in [0.5, 0.6) is 0 Å². The molecular formula is C18H23NO3. The molecule has 2 aromatic carbocycles. The Morgan fingerprint density at radius 3 is 2.09 bits per heavy atom. The number of aliphatic hydroxyl groups excluding tert-OH is 1. The minimum Gasteiger partial charge on any atom is -0.547 e. The quantitative estimate of drug-likeness (QED) is 0.868. The smallest absolute Gasteiger partial charge is 0.114 e. The molecule has 4 heteroatoms. The Morgan fingerprint density at radius 1 is 1.14 bits per heavy atom. The van der Waals surface area contributed by atoms with E-state index in [1.807, 2.05) is 6.07 Å². The summed E-state index contributed by atoms with van der Waals surface area (Å²) in [7, 11) is 0. The zero-order valence-electron chi connectivity index (χ0n) is 13.0. The summed E-state index contributed by atoms with van der Waals surface area (Å²) < 4.78 is 0. The summed E-state index contributed by atoms with van der Waals surface area (Å²) >= 11 is 0. The standard InChI is InChI=1S/C15H17N.C3H6O3/c1-12-7-9-13(10-8-12)11-15(16)14-5-3-2-4-6-14;1-2(4)3(5)6/h2-10,15H,11,16H2,1H3;2,4H,1H3,(H,5,6)/t15-;2-/m10/s1. The zero-order valence-corrected chi connectivity index (χ0v) is 13.0. The Hall–Kier alpha value is -2.17. The number of benzene rings is 2. The lowest BCUT2D eigenvalue weighted by molar-refractivity contribution is -0.426. The Morgan fingerprint density at radius 2 is 1.64 bits per heavy atom. The van der Waals surface area contributed by atoms with Crippen LogP contribution in [0.15, 0.2) is 54.6 Å². The van der Waals surface area contributed by atoms with E-state index in [1.165, 1.54) is 16.7 Å². The highest BCUT2D eigenvalue weighted by Gasteiger charge is 2.09. The van der Waals surface area contributed by atoms with Gasteiger partial charge in [-0.2, -0.15) is 0 Å². The number of carbonyl (C=O) groups is 1. The molecule has 2 aromatic rings. The van der Waals surface area contributed by atoms with E-state index in [2.05, 4.69) is 61.2 Å². The molecule has 2 atom stereocenters. The third-order valence-corrected chi connectivity index (χ3v) is 3.21. The summed E-state index contributed by atoms with van der Waals surface area (Å²) in [6, 6.07) is 19.5. The van der Waals surface area contributed by atoms with Gasteiger partial charge in [-0.25, -0.2) is 0 Å². The van der Waals surface area contributed by atoms with Crippen molar-refractivity contribution in [2.75, 3.05) is 0 Å². The van der Waals surface area contributed by atoms with Gasteiger partial charge in [-0.05, 0) is 19.4 Å². The lowest BCUT2D eigenvalue weighted by Gasteiger charge is -2.09. The van der Waals surface area contributed by atoms with Gasteiger partial charge < -0.3 is 20.7 Å². The van der Waals surface area contributed by atoms with Crippen LogP contribution in [-0.2, 0) is 11.2 Å². The molecule has 4 nitrogen and oxygen atoms in total. The van der Waals surface area contributed by atoms with Crippen LogP contribution in [0.3, 0.4) is 0 Å². The average molecular weight is 301 g/mol. The largest absolute Gasteiger partial charge is 0.547 e. The predicted octanol–water partition coefficient (Wildman–Crippen LogP) is 0.638. The highest BCUT2D eigenvalue weighted by molar-refractivity contribution is 5.68. The van der Waals surface area contributed by atoms with Gasteiger partial charge in [0.25, 0.3) is 0 Å². The van der Waals surface area contributed by atoms with Crippen LogP contribution < -0.4 is 10.8 Å². The second kappa shape index (κ2) is 8.97. The first-order valence-corrected chi connectivity index (χ1v) is 7.22. The topological polar surface area (TPSA) is 88.0 Å². The highest BCUT2D eigenvalue weighted by Crippen LogP contribution is 2.14. The van der Waals surface area contributed by atoms with E-state index in [0.29, 0.717) is 6.04 Å². The Kier molecular flexibility index (Phi) is 7.29. The zero-order chi connectivity index (χ0) is 16.5. The van der Waals surface area contributed by atoms with Gasteiger partial charge in [0.05, 0.1) is 12.1 Å². The summed E-state index contributed by atoms with van der Waals surface area (Å²) in [5.41, 5.74) is 8.20. The molecule has 0 amide bonds. The van der Waals surface area contributed by atoms with Gasteiger partial charge in [-0.1, -0.05) is 60.2 Å². The third kappa shape index (κ3) is 6.52. The summed E-state index contributed by atoms with van der Waals surface area (Å²) in [5.74, 6) is -1.44. The van der Waals surface area contributed by atoms with Crippen LogP contribution in [0.4, 0.5) is 0 Å². The fourth-order valence-corrected chi connectivity index (χ4v) is 1.85. The van der Waals surface area contributed by atoms with Crippen molar-refractivity contribution in [3.63, 3.8) is 0 Å². The van der Waals surface area contributed by atoms with Crippen molar-refractivity contribution in [2.45, 2.75) is 32.4 Å². The lowest BCUT2D eigenvalue weighted by atomic mass is 9.99. The number of quaternary nitrogens is 1. The molecule has 4 N–H and O–H groups in total. The van der Waals surface area contributed by atoms with Gasteiger partial charge in [0.1, 0.15) is 6.04 Å². The van der Waals surface area contributed by atoms with Crippen LogP contribution in [0.25, 0.3) is 0 Å². The van der Waals surface area contributed by atoms with E-state index >= 15 is 0 Å². The summed E-state index contributed by atoms with van der Waals surface area (Å²) in [6.07, 6.45) is -0.338. The number of carbonyl (C=O) groups excluding carboxylic acids is 1. The van der Waals surface area contributed by atoms with E-state index in [0.717, 1.165) is 13.3 Å². The predicted molar refractivity (Wildman–Crippen MR) is 83.6 cm³/mol. The molecule has 2 rings (SSSR count). The maximum atomic E-state index is 9.34. The number of rotatable bonds is 4. The van der Waals surface area contributed by atoms with Crippen LogP contribution in [0, 0.1) is 6.92 Å². The number of aryl methyl sites for hydroxylation is 1. The summed E-state index contributed by atoms with van der Waals surface area (Å²) in [5, 5.41) is 17.3. The minimum absolute atomic E-state index is 0.337.